The number of nitrogens with zero attached hydrogens (tertiary/aromatic N) is 2. The number of halogens is 4. The smallest absolute Gasteiger partial charge is 0.350 e. The molecule has 130 valence electrons. The van der Waals surface area contributed by atoms with Crippen molar-refractivity contribution in [2.75, 3.05) is 6.54 Å². The lowest BCUT2D eigenvalue weighted by atomic mass is 10.1. The number of nitrogens with one attached hydrogen (secondary N) is 1. The molecular formula is C15H16F4N4O. The zero-order chi connectivity index (χ0) is 18.1. The first kappa shape index (κ1) is 17.9. The summed E-state index contributed by atoms with van der Waals surface area (Å²) in [6.07, 6.45) is -4.14. The molecule has 0 radical (unpaired) electrons. The van der Waals surface area contributed by atoms with Gasteiger partial charge in [-0.2, -0.15) is 18.3 Å². The third kappa shape index (κ3) is 3.91. The molecule has 0 unspecified atom stereocenters. The highest BCUT2D eigenvalue weighted by Crippen LogP contribution is 2.34. The molecule has 0 saturated carbocycles. The van der Waals surface area contributed by atoms with Gasteiger partial charge < -0.3 is 11.1 Å². The Bertz CT molecular complexity index is 747. The summed E-state index contributed by atoms with van der Waals surface area (Å²) in [5, 5.41) is 5.86. The summed E-state index contributed by atoms with van der Waals surface area (Å²) < 4.78 is 54.4. The molecule has 1 aromatic carbocycles. The second-order valence-electron chi connectivity index (χ2n) is 5.94. The number of aromatic nitrogens is 2. The standard InChI is InChI=1S/C15H16F4N4O/c1-14(2,20)8-21-13(24)9-7-22-23(12(9)15(17,18)19)11-6-4-3-5-10(11)16/h3-7H,8,20H2,1-2H3,(H,21,24). The number of rotatable bonds is 4. The van der Waals surface area contributed by atoms with Crippen LogP contribution in [0.4, 0.5) is 17.6 Å². The van der Waals surface area contributed by atoms with Gasteiger partial charge in [0.2, 0.25) is 0 Å². The maximum atomic E-state index is 13.8. The van der Waals surface area contributed by atoms with E-state index in [-0.39, 0.29) is 6.54 Å². The van der Waals surface area contributed by atoms with E-state index in [0.29, 0.717) is 4.68 Å². The number of nitrogens with two attached hydrogens (primary N) is 1. The summed E-state index contributed by atoms with van der Waals surface area (Å²) in [5.41, 5.74) is 2.45. The van der Waals surface area contributed by atoms with E-state index in [0.717, 1.165) is 18.3 Å². The van der Waals surface area contributed by atoms with Crippen LogP contribution in [0.2, 0.25) is 0 Å². The Hall–Kier alpha value is -2.42. The van der Waals surface area contributed by atoms with Crippen molar-refractivity contribution in [3.05, 3.63) is 47.5 Å². The maximum absolute atomic E-state index is 13.8. The molecule has 1 amide bonds. The van der Waals surface area contributed by atoms with Gasteiger partial charge in [0, 0.05) is 12.1 Å². The van der Waals surface area contributed by atoms with Gasteiger partial charge in [-0.3, -0.25) is 4.79 Å². The van der Waals surface area contributed by atoms with Crippen LogP contribution >= 0.6 is 0 Å². The molecule has 5 nitrogen and oxygen atoms in total. The molecule has 0 fully saturated rings. The van der Waals surface area contributed by atoms with E-state index in [2.05, 4.69) is 10.4 Å². The van der Waals surface area contributed by atoms with Crippen LogP contribution in [-0.2, 0) is 6.18 Å². The molecule has 2 rings (SSSR count). The Morgan fingerprint density at radius 1 is 1.29 bits per heavy atom. The van der Waals surface area contributed by atoms with Crippen LogP contribution in [0.1, 0.15) is 29.9 Å². The number of para-hydroxylation sites is 1. The van der Waals surface area contributed by atoms with Gasteiger partial charge in [-0.1, -0.05) is 12.1 Å². The fourth-order valence-electron chi connectivity index (χ4n) is 2.00. The van der Waals surface area contributed by atoms with Crippen molar-refractivity contribution < 1.29 is 22.4 Å². The summed E-state index contributed by atoms with van der Waals surface area (Å²) in [6, 6.07) is 4.86. The molecule has 1 heterocycles. The van der Waals surface area contributed by atoms with Crippen LogP contribution in [0, 0.1) is 5.82 Å². The first-order valence-electron chi connectivity index (χ1n) is 6.98. The summed E-state index contributed by atoms with van der Waals surface area (Å²) >= 11 is 0. The number of alkyl halides is 3. The number of amides is 1. The van der Waals surface area contributed by atoms with Gasteiger partial charge in [0.15, 0.2) is 5.69 Å². The lowest BCUT2D eigenvalue weighted by Crippen LogP contribution is -2.45. The van der Waals surface area contributed by atoms with Gasteiger partial charge >= 0.3 is 6.18 Å². The van der Waals surface area contributed by atoms with Gasteiger partial charge in [0.25, 0.3) is 5.91 Å². The molecule has 3 N–H and O–H groups in total. The third-order valence-electron chi connectivity index (χ3n) is 3.07. The normalized spacial score (nSPS) is 12.3. The third-order valence-corrected chi connectivity index (χ3v) is 3.07. The van der Waals surface area contributed by atoms with Gasteiger partial charge in [-0.25, -0.2) is 9.07 Å². The molecule has 0 aliphatic carbocycles. The molecule has 1 aromatic heterocycles. The number of hydrogen-bond donors (Lipinski definition) is 2. The van der Waals surface area contributed by atoms with Crippen molar-refractivity contribution in [1.29, 1.82) is 0 Å². The predicted octanol–water partition coefficient (Wildman–Crippen LogP) is 2.50. The van der Waals surface area contributed by atoms with E-state index in [4.69, 9.17) is 5.73 Å². The number of hydrogen-bond acceptors (Lipinski definition) is 3. The van der Waals surface area contributed by atoms with Gasteiger partial charge in [0.1, 0.15) is 11.5 Å². The first-order chi connectivity index (χ1) is 11.0. The fraction of sp³-hybridized carbons (Fsp3) is 0.333. The van der Waals surface area contributed by atoms with Crippen molar-refractivity contribution in [3.8, 4) is 5.69 Å². The van der Waals surface area contributed by atoms with Crippen LogP contribution in [0.5, 0.6) is 0 Å². The molecule has 0 spiro atoms. The minimum atomic E-state index is -4.90. The van der Waals surface area contributed by atoms with Crippen molar-refractivity contribution in [2.24, 2.45) is 5.73 Å². The molecule has 0 bridgehead atoms. The fourth-order valence-corrected chi connectivity index (χ4v) is 2.00. The number of carbonyl (C=O) groups is 1. The lowest BCUT2D eigenvalue weighted by molar-refractivity contribution is -0.143. The Kier molecular flexibility index (Phi) is 4.66. The number of carbonyl (C=O) groups excluding carboxylic acids is 1. The molecule has 0 aliphatic heterocycles. The summed E-state index contributed by atoms with van der Waals surface area (Å²) in [6.45, 7) is 3.19. The van der Waals surface area contributed by atoms with Crippen LogP contribution in [0.3, 0.4) is 0 Å². The highest BCUT2D eigenvalue weighted by Gasteiger charge is 2.41. The van der Waals surface area contributed by atoms with Crippen molar-refractivity contribution in [2.45, 2.75) is 25.6 Å². The Balaban J connectivity index is 2.48. The second kappa shape index (κ2) is 6.23. The largest absolute Gasteiger partial charge is 0.434 e. The molecule has 0 aliphatic rings. The highest BCUT2D eigenvalue weighted by molar-refractivity contribution is 5.95. The minimum absolute atomic E-state index is 0.0337. The maximum Gasteiger partial charge on any atom is 0.434 e. The average molecular weight is 344 g/mol. The van der Waals surface area contributed by atoms with Crippen LogP contribution in [0.15, 0.2) is 30.5 Å². The molecule has 9 heteroatoms. The van der Waals surface area contributed by atoms with Gasteiger partial charge in [0.05, 0.1) is 11.8 Å². The van der Waals surface area contributed by atoms with E-state index < -0.39 is 40.4 Å². The van der Waals surface area contributed by atoms with E-state index in [9.17, 15) is 22.4 Å². The quantitative estimate of drug-likeness (QED) is 0.837. The van der Waals surface area contributed by atoms with Crippen molar-refractivity contribution in [3.63, 3.8) is 0 Å². The second-order valence-corrected chi connectivity index (χ2v) is 5.94. The highest BCUT2D eigenvalue weighted by atomic mass is 19.4. The van der Waals surface area contributed by atoms with Gasteiger partial charge in [-0.05, 0) is 26.0 Å². The molecular weight excluding hydrogens is 328 g/mol. The monoisotopic (exact) mass is 344 g/mol. The van der Waals surface area contributed by atoms with Crippen LogP contribution in [-0.4, -0.2) is 27.8 Å². The Morgan fingerprint density at radius 3 is 2.46 bits per heavy atom. The molecule has 0 atom stereocenters. The van der Waals surface area contributed by atoms with Crippen LogP contribution < -0.4 is 11.1 Å². The van der Waals surface area contributed by atoms with Gasteiger partial charge in [-0.15, -0.1) is 0 Å². The lowest BCUT2D eigenvalue weighted by Gasteiger charge is -2.19. The minimum Gasteiger partial charge on any atom is -0.350 e. The van der Waals surface area contributed by atoms with E-state index in [1.54, 1.807) is 13.8 Å². The molecule has 0 saturated heterocycles. The van der Waals surface area contributed by atoms with Crippen molar-refractivity contribution >= 4 is 5.91 Å². The Morgan fingerprint density at radius 2 is 1.92 bits per heavy atom. The predicted molar refractivity (Wildman–Crippen MR) is 79.1 cm³/mol. The average Bonchev–Trinajstić information content (AvgIpc) is 2.89. The molecule has 24 heavy (non-hydrogen) atoms. The zero-order valence-corrected chi connectivity index (χ0v) is 13.0. The SMILES string of the molecule is CC(C)(N)CNC(=O)c1cnn(-c2ccccc2F)c1C(F)(F)F. The zero-order valence-electron chi connectivity index (χ0n) is 13.0. The Labute approximate surface area is 135 Å². The van der Waals surface area contributed by atoms with E-state index >= 15 is 0 Å². The summed E-state index contributed by atoms with van der Waals surface area (Å²) in [7, 11) is 0. The van der Waals surface area contributed by atoms with E-state index in [1.165, 1.54) is 12.1 Å². The van der Waals surface area contributed by atoms with Crippen LogP contribution in [0.25, 0.3) is 5.69 Å². The van der Waals surface area contributed by atoms with Crippen molar-refractivity contribution in [1.82, 2.24) is 15.1 Å². The topological polar surface area (TPSA) is 72.9 Å². The first-order valence-corrected chi connectivity index (χ1v) is 6.98. The van der Waals surface area contributed by atoms with E-state index in [1.807, 2.05) is 0 Å². The summed E-state index contributed by atoms with van der Waals surface area (Å²) in [4.78, 5) is 12.1. The summed E-state index contributed by atoms with van der Waals surface area (Å²) in [5.74, 6) is -1.87. The number of benzene rings is 1. The molecule has 2 aromatic rings.